The van der Waals surface area contributed by atoms with Crippen LogP contribution in [0.2, 0.25) is 0 Å². The Hall–Kier alpha value is -1.91. The van der Waals surface area contributed by atoms with E-state index in [1.54, 1.807) is 30.3 Å². The highest BCUT2D eigenvalue weighted by Gasteiger charge is 2.40. The molecule has 10 heteroatoms. The molecule has 0 saturated carbocycles. The zero-order valence-corrected chi connectivity index (χ0v) is 14.1. The summed E-state index contributed by atoms with van der Waals surface area (Å²) < 4.78 is 71.8. The summed E-state index contributed by atoms with van der Waals surface area (Å²) in [6.45, 7) is 0.355. The minimum atomic E-state index is -4.71. The van der Waals surface area contributed by atoms with Crippen LogP contribution in [0.5, 0.6) is 0 Å². The molecule has 1 aromatic heterocycles. The van der Waals surface area contributed by atoms with E-state index < -0.39 is 33.0 Å². The molecule has 3 rings (SSSR count). The molecule has 1 fully saturated rings. The van der Waals surface area contributed by atoms with Crippen LogP contribution < -0.4 is 0 Å². The molecule has 1 aliphatic heterocycles. The molecule has 0 N–H and O–H groups in total. The van der Waals surface area contributed by atoms with Crippen molar-refractivity contribution in [1.82, 2.24) is 14.1 Å². The standard InChI is InChI=1S/C15H16F3N3O3S/c1-20-14(9-13(19-20)15(16,17)18)25(22,23)21-7-8-24-10-12(21)11-5-3-2-4-6-11/h2-6,9,12H,7-8,10H2,1H3. The monoisotopic (exact) mass is 375 g/mol. The van der Waals surface area contributed by atoms with Gasteiger partial charge in [-0.25, -0.2) is 8.42 Å². The second-order valence-corrected chi connectivity index (χ2v) is 7.44. The first-order valence-electron chi connectivity index (χ1n) is 7.47. The Kier molecular flexibility index (Phi) is 4.60. The number of alkyl halides is 3. The Balaban J connectivity index is 2.02. The van der Waals surface area contributed by atoms with Crippen molar-refractivity contribution < 1.29 is 26.3 Å². The molecule has 2 aromatic rings. The van der Waals surface area contributed by atoms with Gasteiger partial charge in [-0.3, -0.25) is 4.68 Å². The van der Waals surface area contributed by atoms with Gasteiger partial charge < -0.3 is 4.74 Å². The summed E-state index contributed by atoms with van der Waals surface area (Å²) in [6, 6.07) is 8.79. The van der Waals surface area contributed by atoms with Crippen LogP contribution in [0.4, 0.5) is 13.2 Å². The topological polar surface area (TPSA) is 64.4 Å². The number of aromatic nitrogens is 2. The molecule has 1 atom stereocenters. The number of sulfonamides is 1. The molecule has 25 heavy (non-hydrogen) atoms. The van der Waals surface area contributed by atoms with Crippen LogP contribution in [0.15, 0.2) is 41.4 Å². The first-order chi connectivity index (χ1) is 11.7. The van der Waals surface area contributed by atoms with E-state index in [9.17, 15) is 21.6 Å². The fourth-order valence-corrected chi connectivity index (χ4v) is 4.47. The molecule has 0 bridgehead atoms. The van der Waals surface area contributed by atoms with E-state index in [2.05, 4.69) is 5.10 Å². The van der Waals surface area contributed by atoms with Gasteiger partial charge in [0, 0.05) is 19.7 Å². The van der Waals surface area contributed by atoms with Gasteiger partial charge in [0.2, 0.25) is 0 Å². The van der Waals surface area contributed by atoms with Gasteiger partial charge in [0.15, 0.2) is 10.7 Å². The smallest absolute Gasteiger partial charge is 0.378 e. The molecule has 0 spiro atoms. The van der Waals surface area contributed by atoms with E-state index in [1.165, 1.54) is 11.4 Å². The number of benzene rings is 1. The highest BCUT2D eigenvalue weighted by Crippen LogP contribution is 2.33. The largest absolute Gasteiger partial charge is 0.435 e. The van der Waals surface area contributed by atoms with Gasteiger partial charge in [0.25, 0.3) is 10.0 Å². The van der Waals surface area contributed by atoms with E-state index in [1.807, 2.05) is 0 Å². The van der Waals surface area contributed by atoms with Gasteiger partial charge in [0.1, 0.15) is 0 Å². The molecule has 1 saturated heterocycles. The molecular formula is C15H16F3N3O3S. The zero-order valence-electron chi connectivity index (χ0n) is 13.3. The Labute approximate surface area is 142 Å². The second kappa shape index (κ2) is 6.43. The molecule has 0 radical (unpaired) electrons. The summed E-state index contributed by atoms with van der Waals surface area (Å²) in [5.74, 6) is 0. The molecule has 1 unspecified atom stereocenters. The maximum Gasteiger partial charge on any atom is 0.435 e. The van der Waals surface area contributed by atoms with Crippen molar-refractivity contribution in [2.45, 2.75) is 17.2 Å². The van der Waals surface area contributed by atoms with Gasteiger partial charge in [-0.15, -0.1) is 0 Å². The van der Waals surface area contributed by atoms with Crippen LogP contribution in [0.3, 0.4) is 0 Å². The summed E-state index contributed by atoms with van der Waals surface area (Å²) in [5, 5.41) is 2.80. The van der Waals surface area contributed by atoms with Crippen molar-refractivity contribution in [2.75, 3.05) is 19.8 Å². The Morgan fingerprint density at radius 3 is 2.52 bits per heavy atom. The highest BCUT2D eigenvalue weighted by atomic mass is 32.2. The van der Waals surface area contributed by atoms with Crippen molar-refractivity contribution in [2.24, 2.45) is 7.05 Å². The molecule has 136 valence electrons. The van der Waals surface area contributed by atoms with Gasteiger partial charge >= 0.3 is 6.18 Å². The number of rotatable bonds is 3. The van der Waals surface area contributed by atoms with Crippen LogP contribution in [0.25, 0.3) is 0 Å². The van der Waals surface area contributed by atoms with E-state index in [0.717, 1.165) is 4.68 Å². The predicted octanol–water partition coefficient (Wildman–Crippen LogP) is 2.20. The van der Waals surface area contributed by atoms with E-state index >= 15 is 0 Å². The van der Waals surface area contributed by atoms with Crippen molar-refractivity contribution in [3.05, 3.63) is 47.7 Å². The number of morpholine rings is 1. The predicted molar refractivity (Wildman–Crippen MR) is 82.1 cm³/mol. The number of ether oxygens (including phenoxy) is 1. The van der Waals surface area contributed by atoms with E-state index in [4.69, 9.17) is 4.74 Å². The van der Waals surface area contributed by atoms with E-state index in [0.29, 0.717) is 11.6 Å². The Morgan fingerprint density at radius 2 is 1.92 bits per heavy atom. The summed E-state index contributed by atoms with van der Waals surface area (Å²) in [6.07, 6.45) is -4.71. The maximum absolute atomic E-state index is 13.0. The molecule has 1 aliphatic rings. The molecule has 1 aromatic carbocycles. The molecule has 2 heterocycles. The number of nitrogens with zero attached hydrogens (tertiary/aromatic N) is 3. The SMILES string of the molecule is Cn1nc(C(F)(F)F)cc1S(=O)(=O)N1CCOCC1c1ccccc1. The average molecular weight is 375 g/mol. The normalized spacial score (nSPS) is 19.9. The third kappa shape index (κ3) is 3.42. The second-order valence-electron chi connectivity index (χ2n) is 5.61. The highest BCUT2D eigenvalue weighted by molar-refractivity contribution is 7.89. The van der Waals surface area contributed by atoms with Gasteiger partial charge in [-0.2, -0.15) is 22.6 Å². The summed E-state index contributed by atoms with van der Waals surface area (Å²) >= 11 is 0. The summed E-state index contributed by atoms with van der Waals surface area (Å²) in [7, 11) is -3.00. The van der Waals surface area contributed by atoms with Crippen molar-refractivity contribution >= 4 is 10.0 Å². The lowest BCUT2D eigenvalue weighted by molar-refractivity contribution is -0.141. The molecule has 0 amide bonds. The first-order valence-corrected chi connectivity index (χ1v) is 8.91. The third-order valence-electron chi connectivity index (χ3n) is 3.96. The van der Waals surface area contributed by atoms with Gasteiger partial charge in [0.05, 0.1) is 19.3 Å². The minimum absolute atomic E-state index is 0.0500. The Morgan fingerprint density at radius 1 is 1.24 bits per heavy atom. The molecule has 6 nitrogen and oxygen atoms in total. The van der Waals surface area contributed by atoms with Gasteiger partial charge in [-0.05, 0) is 5.56 Å². The van der Waals surface area contributed by atoms with Crippen LogP contribution in [0, 0.1) is 0 Å². The fourth-order valence-electron chi connectivity index (χ4n) is 2.76. The lowest BCUT2D eigenvalue weighted by atomic mass is 10.1. The molecular weight excluding hydrogens is 359 g/mol. The average Bonchev–Trinajstić information content (AvgIpc) is 2.99. The van der Waals surface area contributed by atoms with Crippen molar-refractivity contribution in [3.63, 3.8) is 0 Å². The number of aryl methyl sites for hydroxylation is 1. The number of hydrogen-bond acceptors (Lipinski definition) is 4. The quantitative estimate of drug-likeness (QED) is 0.825. The van der Waals surface area contributed by atoms with Crippen molar-refractivity contribution in [1.29, 1.82) is 0 Å². The van der Waals surface area contributed by atoms with Crippen LogP contribution in [-0.4, -0.2) is 42.3 Å². The first kappa shape index (κ1) is 17.9. The fraction of sp³-hybridized carbons (Fsp3) is 0.400. The van der Waals surface area contributed by atoms with Crippen LogP contribution in [-0.2, 0) is 28.0 Å². The number of hydrogen-bond donors (Lipinski definition) is 0. The third-order valence-corrected chi connectivity index (χ3v) is 5.93. The maximum atomic E-state index is 13.0. The van der Waals surface area contributed by atoms with E-state index in [-0.39, 0.29) is 19.8 Å². The number of halogens is 3. The lowest BCUT2D eigenvalue weighted by Gasteiger charge is -2.34. The summed E-state index contributed by atoms with van der Waals surface area (Å²) in [5.41, 5.74) is -0.526. The van der Waals surface area contributed by atoms with Crippen LogP contribution in [0.1, 0.15) is 17.3 Å². The minimum Gasteiger partial charge on any atom is -0.378 e. The molecule has 0 aliphatic carbocycles. The summed E-state index contributed by atoms with van der Waals surface area (Å²) in [4.78, 5) is 0. The van der Waals surface area contributed by atoms with Crippen LogP contribution >= 0.6 is 0 Å². The lowest BCUT2D eigenvalue weighted by Crippen LogP contribution is -2.43. The zero-order chi connectivity index (χ0) is 18.2. The van der Waals surface area contributed by atoms with Gasteiger partial charge in [-0.1, -0.05) is 30.3 Å². The van der Waals surface area contributed by atoms with Crippen molar-refractivity contribution in [3.8, 4) is 0 Å². The Bertz CT molecular complexity index is 850.